The first-order valence-electron chi connectivity index (χ1n) is 8.86. The van der Waals surface area contributed by atoms with Crippen molar-refractivity contribution in [2.45, 2.75) is 40.2 Å². The summed E-state index contributed by atoms with van der Waals surface area (Å²) in [5.74, 6) is 1.40. The number of halogens is 1. The molecule has 0 aliphatic rings. The van der Waals surface area contributed by atoms with Gasteiger partial charge in [0.25, 0.3) is 0 Å². The van der Waals surface area contributed by atoms with Gasteiger partial charge in [-0.1, -0.05) is 13.8 Å². The normalized spacial score (nSPS) is 13.1. The van der Waals surface area contributed by atoms with Gasteiger partial charge in [-0.2, -0.15) is 0 Å². The summed E-state index contributed by atoms with van der Waals surface area (Å²) in [6.07, 6.45) is 1.24. The molecule has 24 heavy (non-hydrogen) atoms. The first-order chi connectivity index (χ1) is 11.0. The van der Waals surface area contributed by atoms with Gasteiger partial charge < -0.3 is 25.0 Å². The zero-order valence-electron chi connectivity index (χ0n) is 16.4. The van der Waals surface area contributed by atoms with Crippen LogP contribution in [0, 0.1) is 5.92 Å². The van der Waals surface area contributed by atoms with Crippen molar-refractivity contribution in [3.8, 4) is 0 Å². The molecule has 0 radical (unpaired) electrons. The predicted octanol–water partition coefficient (Wildman–Crippen LogP) is 2.19. The smallest absolute Gasteiger partial charge is 0.191 e. The van der Waals surface area contributed by atoms with Crippen LogP contribution in [0.25, 0.3) is 0 Å². The van der Waals surface area contributed by atoms with Crippen LogP contribution in [-0.2, 0) is 9.47 Å². The Hall–Kier alpha value is -0.120. The van der Waals surface area contributed by atoms with Crippen LogP contribution in [0.5, 0.6) is 0 Å². The summed E-state index contributed by atoms with van der Waals surface area (Å²) in [4.78, 5) is 6.89. The van der Waals surface area contributed by atoms with Gasteiger partial charge in [0.05, 0.1) is 12.7 Å². The molecule has 7 heteroatoms. The monoisotopic (exact) mass is 458 g/mol. The third kappa shape index (κ3) is 14.2. The zero-order valence-corrected chi connectivity index (χ0v) is 18.8. The summed E-state index contributed by atoms with van der Waals surface area (Å²) >= 11 is 0. The van der Waals surface area contributed by atoms with E-state index in [9.17, 15) is 0 Å². The Balaban J connectivity index is 0. The summed E-state index contributed by atoms with van der Waals surface area (Å²) in [6, 6.07) is 0. The summed E-state index contributed by atoms with van der Waals surface area (Å²) in [5, 5.41) is 6.67. The Bertz CT molecular complexity index is 304. The van der Waals surface area contributed by atoms with E-state index in [-0.39, 0.29) is 30.1 Å². The molecule has 0 rings (SSSR count). The molecular weight excluding hydrogens is 419 g/mol. The Morgan fingerprint density at radius 2 is 1.88 bits per heavy atom. The van der Waals surface area contributed by atoms with Crippen molar-refractivity contribution >= 4 is 29.9 Å². The van der Waals surface area contributed by atoms with Gasteiger partial charge in [0, 0.05) is 46.4 Å². The highest BCUT2D eigenvalue weighted by molar-refractivity contribution is 14.0. The minimum Gasteiger partial charge on any atom is -0.383 e. The highest BCUT2D eigenvalue weighted by atomic mass is 127. The minimum absolute atomic E-state index is 0. The van der Waals surface area contributed by atoms with Gasteiger partial charge >= 0.3 is 0 Å². The van der Waals surface area contributed by atoms with Crippen LogP contribution < -0.4 is 10.6 Å². The number of nitrogens with zero attached hydrogens (tertiary/aromatic N) is 2. The van der Waals surface area contributed by atoms with Crippen molar-refractivity contribution in [2.24, 2.45) is 10.9 Å². The molecule has 0 aromatic carbocycles. The fraction of sp³-hybridized carbons (Fsp3) is 0.941. The zero-order chi connectivity index (χ0) is 17.5. The third-order valence-electron chi connectivity index (χ3n) is 3.62. The van der Waals surface area contributed by atoms with Crippen LogP contribution in [0.1, 0.15) is 34.1 Å². The van der Waals surface area contributed by atoms with Gasteiger partial charge in [-0.25, -0.2) is 0 Å². The van der Waals surface area contributed by atoms with Crippen molar-refractivity contribution in [1.29, 1.82) is 0 Å². The van der Waals surface area contributed by atoms with Gasteiger partial charge in [-0.05, 0) is 33.2 Å². The van der Waals surface area contributed by atoms with Gasteiger partial charge in [0.2, 0.25) is 0 Å². The van der Waals surface area contributed by atoms with E-state index in [0.717, 1.165) is 58.3 Å². The van der Waals surface area contributed by atoms with E-state index in [1.54, 1.807) is 7.11 Å². The van der Waals surface area contributed by atoms with Crippen molar-refractivity contribution in [1.82, 2.24) is 15.5 Å². The maximum Gasteiger partial charge on any atom is 0.191 e. The van der Waals surface area contributed by atoms with Crippen molar-refractivity contribution < 1.29 is 9.47 Å². The molecule has 1 unspecified atom stereocenters. The van der Waals surface area contributed by atoms with Crippen molar-refractivity contribution in [3.63, 3.8) is 0 Å². The topological polar surface area (TPSA) is 58.1 Å². The lowest BCUT2D eigenvalue weighted by Crippen LogP contribution is -2.41. The predicted molar refractivity (Wildman–Crippen MR) is 114 cm³/mol. The number of methoxy groups -OCH3 is 1. The number of hydrogen-bond acceptors (Lipinski definition) is 4. The van der Waals surface area contributed by atoms with E-state index in [4.69, 9.17) is 9.47 Å². The Labute approximate surface area is 166 Å². The van der Waals surface area contributed by atoms with E-state index in [2.05, 4.69) is 48.3 Å². The summed E-state index contributed by atoms with van der Waals surface area (Å²) in [5.41, 5.74) is 0. The molecule has 0 aromatic heterocycles. The third-order valence-corrected chi connectivity index (χ3v) is 3.62. The number of hydrogen-bond donors (Lipinski definition) is 2. The van der Waals surface area contributed by atoms with Crippen LogP contribution in [0.2, 0.25) is 0 Å². The highest BCUT2D eigenvalue weighted by Crippen LogP contribution is 2.10. The highest BCUT2D eigenvalue weighted by Gasteiger charge is 2.12. The molecule has 0 aliphatic carbocycles. The van der Waals surface area contributed by atoms with Crippen LogP contribution in [0.15, 0.2) is 4.99 Å². The lowest BCUT2D eigenvalue weighted by atomic mass is 10.0. The standard InChI is InChI=1S/C17H38N4O2.HI/c1-7-18-17(20-11-12-21(5)13-14-22-6)19-10-9-16(15(3)4)23-8-2;/h15-16H,7-14H2,1-6H3,(H2,18,19,20);1H. The fourth-order valence-corrected chi connectivity index (χ4v) is 2.19. The SMILES string of the molecule is CCNC(=NCCC(OCC)C(C)C)NCCN(C)CCOC.I. The number of ether oxygens (including phenoxy) is 2. The molecule has 0 saturated carbocycles. The van der Waals surface area contributed by atoms with Crippen molar-refractivity contribution in [3.05, 3.63) is 0 Å². The van der Waals surface area contributed by atoms with Gasteiger partial charge in [0.1, 0.15) is 0 Å². The lowest BCUT2D eigenvalue weighted by molar-refractivity contribution is 0.0266. The Kier molecular flexibility index (Phi) is 19.3. The van der Waals surface area contributed by atoms with Crippen LogP contribution in [-0.4, -0.2) is 77.1 Å². The first kappa shape index (κ1) is 26.1. The van der Waals surface area contributed by atoms with E-state index in [0.29, 0.717) is 5.92 Å². The minimum atomic E-state index is 0. The quantitative estimate of drug-likeness (QED) is 0.252. The number of likely N-dealkylation sites (N-methyl/N-ethyl adjacent to an activating group) is 1. The van der Waals surface area contributed by atoms with Crippen molar-refractivity contribution in [2.75, 3.05) is 60.1 Å². The summed E-state index contributed by atoms with van der Waals surface area (Å²) < 4.78 is 10.8. The van der Waals surface area contributed by atoms with Crippen LogP contribution in [0.4, 0.5) is 0 Å². The van der Waals surface area contributed by atoms with E-state index in [1.807, 2.05) is 6.92 Å². The molecule has 0 aliphatic heterocycles. The molecule has 0 fully saturated rings. The largest absolute Gasteiger partial charge is 0.383 e. The molecular formula is C17H39IN4O2. The van der Waals surface area contributed by atoms with E-state index >= 15 is 0 Å². The fourth-order valence-electron chi connectivity index (χ4n) is 2.19. The molecule has 146 valence electrons. The second-order valence-corrected chi connectivity index (χ2v) is 6.01. The number of rotatable bonds is 13. The maximum absolute atomic E-state index is 5.77. The second-order valence-electron chi connectivity index (χ2n) is 6.01. The van der Waals surface area contributed by atoms with Crippen LogP contribution in [0.3, 0.4) is 0 Å². The van der Waals surface area contributed by atoms with E-state index < -0.39 is 0 Å². The van der Waals surface area contributed by atoms with Gasteiger partial charge in [-0.15, -0.1) is 24.0 Å². The first-order valence-corrected chi connectivity index (χ1v) is 8.86. The number of aliphatic imine (C=N–C) groups is 1. The Morgan fingerprint density at radius 3 is 2.42 bits per heavy atom. The molecule has 0 saturated heterocycles. The summed E-state index contributed by atoms with van der Waals surface area (Å²) in [6.45, 7) is 14.5. The number of nitrogens with one attached hydrogen (secondary N) is 2. The maximum atomic E-state index is 5.77. The molecule has 6 nitrogen and oxygen atoms in total. The molecule has 0 spiro atoms. The second kappa shape index (κ2) is 17.7. The van der Waals surface area contributed by atoms with Crippen LogP contribution >= 0.6 is 24.0 Å². The molecule has 0 heterocycles. The van der Waals surface area contributed by atoms with Gasteiger partial charge in [-0.3, -0.25) is 4.99 Å². The molecule has 0 amide bonds. The average Bonchev–Trinajstić information content (AvgIpc) is 2.51. The molecule has 1 atom stereocenters. The van der Waals surface area contributed by atoms with Gasteiger partial charge in [0.15, 0.2) is 5.96 Å². The average molecular weight is 458 g/mol. The Morgan fingerprint density at radius 1 is 1.17 bits per heavy atom. The molecule has 0 bridgehead atoms. The number of guanidine groups is 1. The molecule has 2 N–H and O–H groups in total. The van der Waals surface area contributed by atoms with E-state index in [1.165, 1.54) is 0 Å². The lowest BCUT2D eigenvalue weighted by Gasteiger charge is -2.20. The molecule has 0 aromatic rings. The summed E-state index contributed by atoms with van der Waals surface area (Å²) in [7, 11) is 3.83.